The van der Waals surface area contributed by atoms with E-state index in [0.717, 1.165) is 23.0 Å². The number of hydrogen-bond donors (Lipinski definition) is 1. The molecule has 0 spiro atoms. The largest absolute Gasteiger partial charge is 0.481 e. The fourth-order valence-corrected chi connectivity index (χ4v) is 4.43. The molecule has 122 valence electrons. The molecule has 3 nitrogen and oxygen atoms in total. The topological polar surface area (TPSA) is 40.5 Å². The minimum Gasteiger partial charge on any atom is -0.481 e. The Kier molecular flexibility index (Phi) is 5.27. The van der Waals surface area contributed by atoms with Gasteiger partial charge in [0.05, 0.1) is 16.3 Å². The van der Waals surface area contributed by atoms with Gasteiger partial charge in [-0.25, -0.2) is 0 Å². The Balaban J connectivity index is 1.87. The van der Waals surface area contributed by atoms with Gasteiger partial charge in [0.25, 0.3) is 0 Å². The highest BCUT2D eigenvalue weighted by Gasteiger charge is 2.30. The van der Waals surface area contributed by atoms with Gasteiger partial charge in [-0.1, -0.05) is 35.3 Å². The van der Waals surface area contributed by atoms with Crippen LogP contribution in [0.15, 0.2) is 36.4 Å². The molecule has 0 amide bonds. The van der Waals surface area contributed by atoms with E-state index in [9.17, 15) is 9.90 Å². The van der Waals surface area contributed by atoms with Gasteiger partial charge in [-0.15, -0.1) is 11.3 Å². The van der Waals surface area contributed by atoms with Crippen LogP contribution in [0.1, 0.15) is 29.3 Å². The molecular formula is C17H17Cl2NO2S. The summed E-state index contributed by atoms with van der Waals surface area (Å²) in [7, 11) is 0. The van der Waals surface area contributed by atoms with Gasteiger partial charge in [0.2, 0.25) is 0 Å². The van der Waals surface area contributed by atoms with E-state index >= 15 is 0 Å². The lowest BCUT2D eigenvalue weighted by Gasteiger charge is -2.36. The summed E-state index contributed by atoms with van der Waals surface area (Å²) in [6.45, 7) is 1.53. The Labute approximate surface area is 149 Å². The molecule has 0 bridgehead atoms. The number of carboxylic acids is 1. The second-order valence-electron chi connectivity index (χ2n) is 5.74. The molecule has 2 heterocycles. The second-order valence-corrected chi connectivity index (χ2v) is 7.93. The number of carbonyl (C=O) groups is 1. The molecule has 1 aliphatic rings. The highest BCUT2D eigenvalue weighted by Crippen LogP contribution is 2.37. The first-order chi connectivity index (χ1) is 11.0. The SMILES string of the molecule is O=C(O)C1CCN(C(c2ccc(Cl)cc2)c2ccc(Cl)s2)CC1. The Morgan fingerprint density at radius 3 is 2.30 bits per heavy atom. The van der Waals surface area contributed by atoms with E-state index in [1.165, 1.54) is 4.88 Å². The number of rotatable bonds is 4. The fourth-order valence-electron chi connectivity index (χ4n) is 3.08. The molecule has 0 aliphatic carbocycles. The number of thiophene rings is 1. The quantitative estimate of drug-likeness (QED) is 0.829. The number of hydrogen-bond acceptors (Lipinski definition) is 3. The van der Waals surface area contributed by atoms with Crippen molar-refractivity contribution in [2.45, 2.75) is 18.9 Å². The van der Waals surface area contributed by atoms with Crippen LogP contribution >= 0.6 is 34.5 Å². The average molecular weight is 370 g/mol. The van der Waals surface area contributed by atoms with Crippen LogP contribution in [0.4, 0.5) is 0 Å². The third kappa shape index (κ3) is 3.89. The van der Waals surface area contributed by atoms with Gasteiger partial charge in [-0.3, -0.25) is 9.69 Å². The van der Waals surface area contributed by atoms with E-state index in [1.807, 2.05) is 30.3 Å². The number of benzene rings is 1. The van der Waals surface area contributed by atoms with E-state index in [2.05, 4.69) is 11.0 Å². The molecule has 2 aromatic rings. The second kappa shape index (κ2) is 7.22. The predicted octanol–water partition coefficient (Wildman–Crippen LogP) is 4.94. The molecule has 3 rings (SSSR count). The molecule has 1 atom stereocenters. The predicted molar refractivity (Wildman–Crippen MR) is 94.6 cm³/mol. The smallest absolute Gasteiger partial charge is 0.306 e. The molecule has 0 saturated carbocycles. The summed E-state index contributed by atoms with van der Waals surface area (Å²) in [5, 5.41) is 9.89. The highest BCUT2D eigenvalue weighted by atomic mass is 35.5. The van der Waals surface area contributed by atoms with Crippen LogP contribution in [0, 0.1) is 5.92 Å². The molecular weight excluding hydrogens is 353 g/mol. The maximum atomic E-state index is 11.2. The van der Waals surface area contributed by atoms with E-state index in [-0.39, 0.29) is 12.0 Å². The van der Waals surface area contributed by atoms with Crippen molar-refractivity contribution in [2.24, 2.45) is 5.92 Å². The lowest BCUT2D eigenvalue weighted by Crippen LogP contribution is -2.39. The van der Waals surface area contributed by atoms with Gasteiger partial charge in [-0.2, -0.15) is 0 Å². The molecule has 1 N–H and O–H groups in total. The maximum Gasteiger partial charge on any atom is 0.306 e. The normalized spacial score (nSPS) is 18.0. The number of halogens is 2. The first-order valence-corrected chi connectivity index (χ1v) is 9.09. The van der Waals surface area contributed by atoms with Gasteiger partial charge in [0.1, 0.15) is 0 Å². The van der Waals surface area contributed by atoms with Gasteiger partial charge in [0, 0.05) is 9.90 Å². The zero-order valence-corrected chi connectivity index (χ0v) is 14.7. The summed E-state index contributed by atoms with van der Waals surface area (Å²) in [4.78, 5) is 14.7. The van der Waals surface area contributed by atoms with Crippen molar-refractivity contribution in [2.75, 3.05) is 13.1 Å². The van der Waals surface area contributed by atoms with Crippen LogP contribution < -0.4 is 0 Å². The van der Waals surface area contributed by atoms with Gasteiger partial charge in [0.15, 0.2) is 0 Å². The van der Waals surface area contributed by atoms with Crippen LogP contribution in [-0.4, -0.2) is 29.1 Å². The molecule has 0 radical (unpaired) electrons. The van der Waals surface area contributed by atoms with E-state index in [4.69, 9.17) is 23.2 Å². The van der Waals surface area contributed by atoms with Crippen molar-refractivity contribution < 1.29 is 9.90 Å². The molecule has 1 aliphatic heterocycles. The third-order valence-corrected chi connectivity index (χ3v) is 5.83. The first kappa shape index (κ1) is 16.8. The Morgan fingerprint density at radius 1 is 1.13 bits per heavy atom. The molecule has 1 unspecified atom stereocenters. The molecule has 1 aromatic heterocycles. The minimum absolute atomic E-state index is 0.0968. The van der Waals surface area contributed by atoms with Gasteiger partial charge < -0.3 is 5.11 Å². The lowest BCUT2D eigenvalue weighted by molar-refractivity contribution is -0.143. The van der Waals surface area contributed by atoms with Crippen molar-refractivity contribution in [3.8, 4) is 0 Å². The molecule has 6 heteroatoms. The monoisotopic (exact) mass is 369 g/mol. The number of carboxylic acid groups (broad SMARTS) is 1. The molecule has 23 heavy (non-hydrogen) atoms. The summed E-state index contributed by atoms with van der Waals surface area (Å²) < 4.78 is 0.763. The third-order valence-electron chi connectivity index (χ3n) is 4.29. The van der Waals surface area contributed by atoms with Crippen LogP contribution in [0.2, 0.25) is 9.36 Å². The van der Waals surface area contributed by atoms with Crippen LogP contribution in [0.25, 0.3) is 0 Å². The van der Waals surface area contributed by atoms with Crippen molar-refractivity contribution in [1.82, 2.24) is 4.90 Å². The Bertz CT molecular complexity index is 678. The summed E-state index contributed by atoms with van der Waals surface area (Å²) >= 11 is 13.7. The average Bonchev–Trinajstić information content (AvgIpc) is 2.96. The number of piperidine rings is 1. The Morgan fingerprint density at radius 2 is 1.78 bits per heavy atom. The molecule has 1 aromatic carbocycles. The van der Waals surface area contributed by atoms with Crippen LogP contribution in [0.3, 0.4) is 0 Å². The first-order valence-electron chi connectivity index (χ1n) is 7.52. The zero-order chi connectivity index (χ0) is 16.4. The van der Waals surface area contributed by atoms with E-state index < -0.39 is 5.97 Å². The standard InChI is InChI=1S/C17H17Cl2NO2S/c18-13-3-1-11(2-4-13)16(14-5-6-15(19)23-14)20-9-7-12(8-10-20)17(21)22/h1-6,12,16H,7-10H2,(H,21,22). The van der Waals surface area contributed by atoms with Crippen LogP contribution in [0.5, 0.6) is 0 Å². The number of likely N-dealkylation sites (tertiary alicyclic amines) is 1. The van der Waals surface area contributed by atoms with Crippen LogP contribution in [-0.2, 0) is 4.79 Å². The fraction of sp³-hybridized carbons (Fsp3) is 0.353. The lowest BCUT2D eigenvalue weighted by atomic mass is 9.94. The number of nitrogens with zero attached hydrogens (tertiary/aromatic N) is 1. The summed E-state index contributed by atoms with van der Waals surface area (Å²) in [5.74, 6) is -0.920. The maximum absolute atomic E-state index is 11.2. The molecule has 1 fully saturated rings. The highest BCUT2D eigenvalue weighted by molar-refractivity contribution is 7.16. The van der Waals surface area contributed by atoms with Crippen molar-refractivity contribution in [1.29, 1.82) is 0 Å². The number of aliphatic carboxylic acids is 1. The Hall–Kier alpha value is -1.07. The zero-order valence-electron chi connectivity index (χ0n) is 12.4. The summed E-state index contributed by atoms with van der Waals surface area (Å²) in [6, 6.07) is 11.9. The minimum atomic E-state index is -0.688. The van der Waals surface area contributed by atoms with E-state index in [1.54, 1.807) is 11.3 Å². The summed E-state index contributed by atoms with van der Waals surface area (Å²) in [5.41, 5.74) is 1.15. The van der Waals surface area contributed by atoms with Crippen molar-refractivity contribution in [3.63, 3.8) is 0 Å². The summed E-state index contributed by atoms with van der Waals surface area (Å²) in [6.07, 6.45) is 1.36. The van der Waals surface area contributed by atoms with Gasteiger partial charge in [-0.05, 0) is 55.8 Å². The van der Waals surface area contributed by atoms with Gasteiger partial charge >= 0.3 is 5.97 Å². The van der Waals surface area contributed by atoms with Crippen molar-refractivity contribution >= 4 is 40.5 Å². The van der Waals surface area contributed by atoms with Crippen molar-refractivity contribution in [3.05, 3.63) is 56.2 Å². The van der Waals surface area contributed by atoms with E-state index in [0.29, 0.717) is 17.9 Å². The molecule has 1 saturated heterocycles.